The van der Waals surface area contributed by atoms with Gasteiger partial charge in [0.25, 0.3) is 0 Å². The normalized spacial score (nSPS) is 14.0. The van der Waals surface area contributed by atoms with Crippen LogP contribution in [0.25, 0.3) is 0 Å². The first-order valence-electron chi connectivity index (χ1n) is 17.5. The number of alkyl carbamates (subject to hydrolysis) is 1. The fourth-order valence-electron chi connectivity index (χ4n) is 5.82. The highest BCUT2D eigenvalue weighted by molar-refractivity contribution is 5.94. The Hall–Kier alpha value is -4.86. The highest BCUT2D eigenvalue weighted by Gasteiger charge is 2.41. The third kappa shape index (κ3) is 12.2. The van der Waals surface area contributed by atoms with Crippen molar-refractivity contribution in [2.45, 2.75) is 124 Å². The summed E-state index contributed by atoms with van der Waals surface area (Å²) in [6.45, 7) is 18.0. The van der Waals surface area contributed by atoms with Crippen molar-refractivity contribution >= 4 is 23.9 Å². The second kappa shape index (κ2) is 17.4. The Morgan fingerprint density at radius 1 is 0.725 bits per heavy atom. The highest BCUT2D eigenvalue weighted by Crippen LogP contribution is 2.32. The van der Waals surface area contributed by atoms with Crippen LogP contribution in [-0.4, -0.2) is 63.2 Å². The number of aryl methyl sites for hydroxylation is 2. The molecule has 3 aromatic rings. The van der Waals surface area contributed by atoms with Gasteiger partial charge in [0.2, 0.25) is 11.8 Å². The predicted molar refractivity (Wildman–Crippen MR) is 198 cm³/mol. The number of esters is 1. The van der Waals surface area contributed by atoms with Crippen LogP contribution in [-0.2, 0) is 36.7 Å². The Bertz CT molecular complexity index is 1620. The van der Waals surface area contributed by atoms with Crippen molar-refractivity contribution in [1.29, 1.82) is 0 Å². The SMILES string of the molecule is CCC(C)N(C(=O)C(Cc1ccc(O)cc1)NC(=O)OC(C)(C)C)C(C(=O)NC(Cc1ccccc1)C(=O)OC(C)(C)C)c1c(C)cccc1C. The fourth-order valence-corrected chi connectivity index (χ4v) is 5.82. The Morgan fingerprint density at radius 2 is 1.25 bits per heavy atom. The topological polar surface area (TPSA) is 134 Å². The zero-order chi connectivity index (χ0) is 38.1. The largest absolute Gasteiger partial charge is 0.508 e. The second-order valence-corrected chi connectivity index (χ2v) is 15.1. The molecule has 3 amide bonds. The van der Waals surface area contributed by atoms with Crippen molar-refractivity contribution in [3.8, 4) is 5.75 Å². The van der Waals surface area contributed by atoms with Crippen molar-refractivity contribution in [3.63, 3.8) is 0 Å². The molecule has 276 valence electrons. The van der Waals surface area contributed by atoms with Gasteiger partial charge in [-0.1, -0.05) is 67.6 Å². The summed E-state index contributed by atoms with van der Waals surface area (Å²) in [5, 5.41) is 15.6. The molecule has 10 nitrogen and oxygen atoms in total. The molecule has 4 unspecified atom stereocenters. The van der Waals surface area contributed by atoms with Gasteiger partial charge in [-0.2, -0.15) is 0 Å². The molecule has 3 rings (SSSR count). The number of hydrogen-bond donors (Lipinski definition) is 3. The summed E-state index contributed by atoms with van der Waals surface area (Å²) in [6, 6.07) is 17.5. The molecule has 0 aromatic heterocycles. The lowest BCUT2D eigenvalue weighted by molar-refractivity contribution is -0.159. The lowest BCUT2D eigenvalue weighted by Crippen LogP contribution is -2.57. The molecule has 0 radical (unpaired) electrons. The molecule has 3 aromatic carbocycles. The van der Waals surface area contributed by atoms with Crippen LogP contribution >= 0.6 is 0 Å². The van der Waals surface area contributed by atoms with E-state index >= 15 is 0 Å². The van der Waals surface area contributed by atoms with Crippen molar-refractivity contribution in [2.24, 2.45) is 0 Å². The molecule has 0 aliphatic heterocycles. The molecule has 0 heterocycles. The smallest absolute Gasteiger partial charge is 0.408 e. The number of benzene rings is 3. The summed E-state index contributed by atoms with van der Waals surface area (Å²) in [5.74, 6) is -1.61. The van der Waals surface area contributed by atoms with Crippen LogP contribution in [0.15, 0.2) is 72.8 Å². The summed E-state index contributed by atoms with van der Waals surface area (Å²) < 4.78 is 11.3. The fraction of sp³-hybridized carbons (Fsp3) is 0.463. The van der Waals surface area contributed by atoms with E-state index in [1.54, 1.807) is 53.7 Å². The summed E-state index contributed by atoms with van der Waals surface area (Å²) in [7, 11) is 0. The summed E-state index contributed by atoms with van der Waals surface area (Å²) >= 11 is 0. The van der Waals surface area contributed by atoms with Crippen molar-refractivity contribution in [1.82, 2.24) is 15.5 Å². The van der Waals surface area contributed by atoms with Gasteiger partial charge in [-0.05, 0) is 109 Å². The maximum atomic E-state index is 15.0. The van der Waals surface area contributed by atoms with Crippen molar-refractivity contribution in [3.05, 3.63) is 101 Å². The Labute approximate surface area is 302 Å². The predicted octanol–water partition coefficient (Wildman–Crippen LogP) is 6.88. The van der Waals surface area contributed by atoms with Gasteiger partial charge in [0, 0.05) is 18.9 Å². The first-order valence-corrected chi connectivity index (χ1v) is 17.5. The van der Waals surface area contributed by atoms with Gasteiger partial charge < -0.3 is 30.1 Å². The average molecular weight is 702 g/mol. The van der Waals surface area contributed by atoms with E-state index in [9.17, 15) is 24.3 Å². The van der Waals surface area contributed by atoms with Crippen LogP contribution in [0.5, 0.6) is 5.75 Å². The van der Waals surface area contributed by atoms with Crippen molar-refractivity contribution in [2.75, 3.05) is 0 Å². The molecule has 0 fully saturated rings. The molecular formula is C41H55N3O7. The molecular weight excluding hydrogens is 646 g/mol. The number of hydrogen-bond acceptors (Lipinski definition) is 7. The Morgan fingerprint density at radius 3 is 1.78 bits per heavy atom. The van der Waals surface area contributed by atoms with Crippen LogP contribution in [0.3, 0.4) is 0 Å². The lowest BCUT2D eigenvalue weighted by Gasteiger charge is -2.39. The lowest BCUT2D eigenvalue weighted by atomic mass is 9.91. The van der Waals surface area contributed by atoms with Gasteiger partial charge >= 0.3 is 12.1 Å². The number of phenolic OH excluding ortho intramolecular Hbond substituents is 1. The van der Waals surface area contributed by atoms with Crippen LogP contribution < -0.4 is 10.6 Å². The third-order valence-corrected chi connectivity index (χ3v) is 8.32. The van der Waals surface area contributed by atoms with E-state index in [4.69, 9.17) is 9.47 Å². The summed E-state index contributed by atoms with van der Waals surface area (Å²) in [5.41, 5.74) is 2.03. The third-order valence-electron chi connectivity index (χ3n) is 8.32. The molecule has 0 bridgehead atoms. The summed E-state index contributed by atoms with van der Waals surface area (Å²) in [4.78, 5) is 58.2. The second-order valence-electron chi connectivity index (χ2n) is 15.1. The number of carbonyl (C=O) groups is 4. The van der Waals surface area contributed by atoms with Crippen molar-refractivity contribution < 1.29 is 33.8 Å². The monoisotopic (exact) mass is 701 g/mol. The first-order chi connectivity index (χ1) is 23.8. The number of amides is 3. The number of phenols is 1. The first kappa shape index (κ1) is 40.6. The van der Waals surface area contributed by atoms with Gasteiger partial charge in [0.1, 0.15) is 35.1 Å². The minimum atomic E-state index is -1.18. The number of nitrogens with zero attached hydrogens (tertiary/aromatic N) is 1. The van der Waals surface area contributed by atoms with Gasteiger partial charge in [-0.25, -0.2) is 9.59 Å². The molecule has 10 heteroatoms. The summed E-state index contributed by atoms with van der Waals surface area (Å²) in [6.07, 6.45) is -0.0779. The van der Waals surface area contributed by atoms with Crippen LogP contribution in [0, 0.1) is 13.8 Å². The minimum absolute atomic E-state index is 0.0565. The maximum Gasteiger partial charge on any atom is 0.408 e. The van der Waals surface area contributed by atoms with E-state index in [0.717, 1.165) is 16.7 Å². The average Bonchev–Trinajstić information content (AvgIpc) is 3.03. The van der Waals surface area contributed by atoms with E-state index in [0.29, 0.717) is 17.5 Å². The van der Waals surface area contributed by atoms with Crippen LogP contribution in [0.2, 0.25) is 0 Å². The number of rotatable bonds is 13. The molecule has 4 atom stereocenters. The van der Waals surface area contributed by atoms with E-state index in [2.05, 4.69) is 10.6 Å². The van der Waals surface area contributed by atoms with Gasteiger partial charge in [0.05, 0.1) is 0 Å². The quantitative estimate of drug-likeness (QED) is 0.165. The van der Waals surface area contributed by atoms with E-state index in [-0.39, 0.29) is 18.6 Å². The minimum Gasteiger partial charge on any atom is -0.508 e. The maximum absolute atomic E-state index is 15.0. The molecule has 0 saturated carbocycles. The molecule has 0 aliphatic rings. The standard InChI is InChI=1S/C41H55N3O7/c1-11-28(4)44(37(47)32(43-39(49)51-41(8,9)10)24-30-20-22-31(45)23-21-30)35(34-26(2)16-15-17-27(34)3)36(46)42-33(38(48)50-40(5,6)7)25-29-18-13-12-14-19-29/h12-23,28,32-33,35,45H,11,24-25H2,1-10H3,(H,42,46)(H,43,49). The van der Waals surface area contributed by atoms with Crippen LogP contribution in [0.4, 0.5) is 4.79 Å². The molecule has 51 heavy (non-hydrogen) atoms. The number of nitrogens with one attached hydrogen (secondary N) is 2. The highest BCUT2D eigenvalue weighted by atomic mass is 16.6. The van der Waals surface area contributed by atoms with Crippen LogP contribution in [0.1, 0.15) is 95.7 Å². The Kier molecular flexibility index (Phi) is 13.8. The van der Waals surface area contributed by atoms with Gasteiger partial charge in [-0.3, -0.25) is 9.59 Å². The zero-order valence-electron chi connectivity index (χ0n) is 31.7. The number of carbonyl (C=O) groups excluding carboxylic acids is 4. The number of ether oxygens (including phenoxy) is 2. The van der Waals surface area contributed by atoms with E-state index in [1.165, 1.54) is 17.0 Å². The van der Waals surface area contributed by atoms with Gasteiger partial charge in [-0.15, -0.1) is 0 Å². The molecule has 3 N–H and O–H groups in total. The Balaban J connectivity index is 2.18. The van der Waals surface area contributed by atoms with E-state index < -0.39 is 59.2 Å². The molecule has 0 aliphatic carbocycles. The van der Waals surface area contributed by atoms with E-state index in [1.807, 2.05) is 76.2 Å². The molecule has 0 spiro atoms. The van der Waals surface area contributed by atoms with Gasteiger partial charge in [0.15, 0.2) is 0 Å². The zero-order valence-corrected chi connectivity index (χ0v) is 31.7. The molecule has 0 saturated heterocycles. The number of aromatic hydroxyl groups is 1.